The number of quaternary nitrogens is 1. The summed E-state index contributed by atoms with van der Waals surface area (Å²) in [5.74, 6) is 0.0356. The maximum atomic E-state index is 10.5. The first kappa shape index (κ1) is 16.9. The molecule has 0 aromatic carbocycles. The third-order valence-corrected chi connectivity index (χ3v) is 3.15. The molecule has 0 aliphatic heterocycles. The molecule has 0 unspecified atom stereocenters. The normalized spacial score (nSPS) is 11.3. The van der Waals surface area contributed by atoms with Gasteiger partial charge in [0.25, 0.3) is 0 Å². The molecule has 3 N–H and O–H groups in total. The van der Waals surface area contributed by atoms with Gasteiger partial charge in [-0.05, 0) is 12.8 Å². The van der Waals surface area contributed by atoms with Crippen LogP contribution in [0.1, 0.15) is 51.9 Å². The van der Waals surface area contributed by atoms with Gasteiger partial charge in [0.15, 0.2) is 0 Å². The molecule has 0 aromatic heterocycles. The van der Waals surface area contributed by atoms with Crippen LogP contribution >= 0.6 is 0 Å². The van der Waals surface area contributed by atoms with Crippen molar-refractivity contribution >= 4 is 12.1 Å². The highest BCUT2D eigenvalue weighted by molar-refractivity contribution is 5.87. The zero-order valence-electron chi connectivity index (χ0n) is 12.0. The summed E-state index contributed by atoms with van der Waals surface area (Å²) in [6.45, 7) is 3.01. The quantitative estimate of drug-likeness (QED) is 0.271. The van der Waals surface area contributed by atoms with E-state index in [2.05, 4.69) is 12.2 Å². The smallest absolute Gasteiger partial charge is 0.414 e. The highest BCUT2D eigenvalue weighted by Gasteiger charge is 2.23. The number of nitrogens with one attached hydrogen (secondary N) is 2. The molecule has 0 fully saturated rings. The van der Waals surface area contributed by atoms with Crippen molar-refractivity contribution in [3.63, 3.8) is 0 Å². The molecule has 0 radical (unpaired) electrons. The van der Waals surface area contributed by atoms with Crippen LogP contribution in [0.5, 0.6) is 0 Å². The fraction of sp³-hybridized carbons (Fsp3) is 0.846. The molecule has 0 rings (SSSR count). The lowest BCUT2D eigenvalue weighted by molar-refractivity contribution is -0.802. The molecule has 0 bridgehead atoms. The summed E-state index contributed by atoms with van der Waals surface area (Å²) in [7, 11) is 3.71. The SMILES string of the molecule is CCCCCCCCC[N+](C)(C)C(=N)NC(=O)O. The van der Waals surface area contributed by atoms with Crippen LogP contribution in [0.15, 0.2) is 0 Å². The van der Waals surface area contributed by atoms with Gasteiger partial charge in [-0.15, -0.1) is 0 Å². The second kappa shape index (κ2) is 8.91. The lowest BCUT2D eigenvalue weighted by Crippen LogP contribution is -2.53. The summed E-state index contributed by atoms with van der Waals surface area (Å²) >= 11 is 0. The molecule has 0 aliphatic rings. The third-order valence-electron chi connectivity index (χ3n) is 3.15. The Morgan fingerprint density at radius 1 is 1.11 bits per heavy atom. The van der Waals surface area contributed by atoms with Gasteiger partial charge in [-0.3, -0.25) is 4.48 Å². The predicted molar refractivity (Wildman–Crippen MR) is 73.9 cm³/mol. The van der Waals surface area contributed by atoms with Gasteiger partial charge in [-0.25, -0.2) is 15.5 Å². The van der Waals surface area contributed by atoms with Crippen LogP contribution in [0.2, 0.25) is 0 Å². The summed E-state index contributed by atoms with van der Waals surface area (Å²) in [6.07, 6.45) is 7.44. The minimum Gasteiger partial charge on any atom is -0.465 e. The number of rotatable bonds is 8. The summed E-state index contributed by atoms with van der Waals surface area (Å²) in [4.78, 5) is 10.5. The van der Waals surface area contributed by atoms with Crippen molar-refractivity contribution in [3.05, 3.63) is 0 Å². The average molecular weight is 258 g/mol. The zero-order valence-corrected chi connectivity index (χ0v) is 12.0. The van der Waals surface area contributed by atoms with Gasteiger partial charge >= 0.3 is 12.1 Å². The third kappa shape index (κ3) is 8.06. The molecule has 0 saturated heterocycles. The molecule has 0 heterocycles. The van der Waals surface area contributed by atoms with Gasteiger partial charge in [0, 0.05) is 0 Å². The molecule has 1 amide bonds. The van der Waals surface area contributed by atoms with Crippen molar-refractivity contribution in [2.75, 3.05) is 20.6 Å². The van der Waals surface area contributed by atoms with E-state index in [9.17, 15) is 4.79 Å². The fourth-order valence-corrected chi connectivity index (χ4v) is 1.83. The molecule has 0 aromatic rings. The average Bonchev–Trinajstić information content (AvgIpc) is 2.27. The maximum absolute atomic E-state index is 10.5. The van der Waals surface area contributed by atoms with Crippen molar-refractivity contribution in [3.8, 4) is 0 Å². The highest BCUT2D eigenvalue weighted by atomic mass is 16.4. The Kier molecular flexibility index (Phi) is 8.37. The summed E-state index contributed by atoms with van der Waals surface area (Å²) in [6, 6.07) is 0. The Labute approximate surface area is 110 Å². The van der Waals surface area contributed by atoms with Crippen molar-refractivity contribution in [2.24, 2.45) is 0 Å². The molecule has 106 valence electrons. The first-order valence-corrected chi connectivity index (χ1v) is 6.82. The molecule has 5 heteroatoms. The fourth-order valence-electron chi connectivity index (χ4n) is 1.83. The monoisotopic (exact) mass is 258 g/mol. The van der Waals surface area contributed by atoms with Crippen molar-refractivity contribution in [1.29, 1.82) is 5.41 Å². The number of guanidine groups is 1. The van der Waals surface area contributed by atoms with Crippen LogP contribution in [-0.4, -0.2) is 42.3 Å². The second-order valence-electron chi connectivity index (χ2n) is 5.31. The van der Waals surface area contributed by atoms with E-state index in [0.717, 1.165) is 19.4 Å². The number of nitrogens with zero attached hydrogens (tertiary/aromatic N) is 1. The Morgan fingerprint density at radius 3 is 2.11 bits per heavy atom. The predicted octanol–water partition coefficient (Wildman–Crippen LogP) is 3.02. The zero-order chi connectivity index (χ0) is 14.0. The van der Waals surface area contributed by atoms with Gasteiger partial charge in [0.2, 0.25) is 0 Å². The highest BCUT2D eigenvalue weighted by Crippen LogP contribution is 2.09. The van der Waals surface area contributed by atoms with Gasteiger partial charge in [-0.2, -0.15) is 0 Å². The maximum Gasteiger partial charge on any atom is 0.414 e. The van der Waals surface area contributed by atoms with Gasteiger partial charge in [0.1, 0.15) is 0 Å². The molecule has 0 aliphatic carbocycles. The number of hydrogen-bond acceptors (Lipinski definition) is 2. The van der Waals surface area contributed by atoms with Crippen LogP contribution in [0.3, 0.4) is 0 Å². The van der Waals surface area contributed by atoms with Gasteiger partial charge < -0.3 is 5.11 Å². The number of amides is 1. The van der Waals surface area contributed by atoms with E-state index < -0.39 is 6.09 Å². The topological polar surface area (TPSA) is 73.2 Å². The Bertz CT molecular complexity index is 265. The van der Waals surface area contributed by atoms with Gasteiger partial charge in [-0.1, -0.05) is 39.0 Å². The minimum absolute atomic E-state index is 0.0356. The molecule has 18 heavy (non-hydrogen) atoms. The largest absolute Gasteiger partial charge is 0.465 e. The Hall–Kier alpha value is -1.10. The van der Waals surface area contributed by atoms with E-state index in [-0.39, 0.29) is 5.96 Å². The van der Waals surface area contributed by atoms with Crippen LogP contribution < -0.4 is 5.32 Å². The molecule has 0 saturated carbocycles. The minimum atomic E-state index is -1.16. The first-order valence-electron chi connectivity index (χ1n) is 6.82. The Morgan fingerprint density at radius 2 is 1.61 bits per heavy atom. The van der Waals surface area contributed by atoms with Crippen molar-refractivity contribution in [2.45, 2.75) is 51.9 Å². The van der Waals surface area contributed by atoms with Crippen LogP contribution in [0, 0.1) is 5.41 Å². The van der Waals surface area contributed by atoms with Crippen LogP contribution in [0.4, 0.5) is 4.79 Å². The van der Waals surface area contributed by atoms with Crippen molar-refractivity contribution < 1.29 is 14.4 Å². The molecular weight excluding hydrogens is 230 g/mol. The number of unbranched alkanes of at least 4 members (excludes halogenated alkanes) is 6. The number of carboxylic acid groups (broad SMARTS) is 1. The van der Waals surface area contributed by atoms with E-state index in [1.807, 2.05) is 14.1 Å². The Balaban J connectivity index is 3.70. The molecular formula is C13H28N3O2+. The van der Waals surface area contributed by atoms with E-state index in [4.69, 9.17) is 10.5 Å². The van der Waals surface area contributed by atoms with E-state index in [0.29, 0.717) is 4.48 Å². The second-order valence-corrected chi connectivity index (χ2v) is 5.31. The molecule has 0 atom stereocenters. The summed E-state index contributed by atoms with van der Waals surface area (Å²) < 4.78 is 0.293. The number of hydrogen-bond donors (Lipinski definition) is 3. The lowest BCUT2D eigenvalue weighted by Gasteiger charge is -2.28. The standard InChI is InChI=1S/C13H27N3O2/c1-4-5-6-7-8-9-10-11-16(2,3)12(14)15-13(17)18/h4-11H2,1-3H3,(H2-,14,15,17,18)/p+1. The van der Waals surface area contributed by atoms with Crippen LogP contribution in [0.25, 0.3) is 0 Å². The van der Waals surface area contributed by atoms with Crippen molar-refractivity contribution in [1.82, 2.24) is 5.32 Å². The lowest BCUT2D eigenvalue weighted by atomic mass is 10.1. The number of carbonyl (C=O) groups is 1. The molecule has 5 nitrogen and oxygen atoms in total. The van der Waals surface area contributed by atoms with E-state index >= 15 is 0 Å². The first-order chi connectivity index (χ1) is 8.40. The summed E-state index contributed by atoms with van der Waals surface area (Å²) in [5, 5.41) is 18.4. The molecule has 0 spiro atoms. The van der Waals surface area contributed by atoms with Gasteiger partial charge in [0.05, 0.1) is 20.6 Å². The van der Waals surface area contributed by atoms with Crippen LogP contribution in [-0.2, 0) is 0 Å². The van der Waals surface area contributed by atoms with E-state index in [1.54, 1.807) is 0 Å². The van der Waals surface area contributed by atoms with E-state index in [1.165, 1.54) is 32.1 Å². The summed E-state index contributed by atoms with van der Waals surface area (Å²) in [5.41, 5.74) is 0.